The SMILES string of the molecule is NCC1CCc2cnc(C3CCCC3)n2C1. The van der Waals surface area contributed by atoms with Crippen LogP contribution in [0.2, 0.25) is 0 Å². The second kappa shape index (κ2) is 4.21. The van der Waals surface area contributed by atoms with Gasteiger partial charge >= 0.3 is 0 Å². The van der Waals surface area contributed by atoms with Crippen LogP contribution in [0.5, 0.6) is 0 Å². The van der Waals surface area contributed by atoms with E-state index < -0.39 is 0 Å². The fraction of sp³-hybridized carbons (Fsp3) is 0.769. The van der Waals surface area contributed by atoms with Crippen LogP contribution in [0.3, 0.4) is 0 Å². The van der Waals surface area contributed by atoms with Crippen LogP contribution in [0.15, 0.2) is 6.20 Å². The van der Waals surface area contributed by atoms with Gasteiger partial charge in [0.1, 0.15) is 5.82 Å². The molecule has 1 saturated carbocycles. The Morgan fingerprint density at radius 2 is 2.12 bits per heavy atom. The molecule has 0 saturated heterocycles. The second-order valence-corrected chi connectivity index (χ2v) is 5.34. The maximum Gasteiger partial charge on any atom is 0.111 e. The Hall–Kier alpha value is -0.830. The van der Waals surface area contributed by atoms with Crippen molar-refractivity contribution in [3.8, 4) is 0 Å². The number of rotatable bonds is 2. The summed E-state index contributed by atoms with van der Waals surface area (Å²) >= 11 is 0. The molecule has 3 nitrogen and oxygen atoms in total. The molecule has 1 unspecified atom stereocenters. The maximum absolute atomic E-state index is 5.80. The minimum Gasteiger partial charge on any atom is -0.332 e. The number of nitrogens with two attached hydrogens (primary N) is 1. The van der Waals surface area contributed by atoms with E-state index in [0.717, 1.165) is 19.0 Å². The molecule has 2 aliphatic rings. The van der Waals surface area contributed by atoms with Gasteiger partial charge in [-0.15, -0.1) is 0 Å². The van der Waals surface area contributed by atoms with Crippen LogP contribution in [0.4, 0.5) is 0 Å². The van der Waals surface area contributed by atoms with Crippen molar-refractivity contribution >= 4 is 0 Å². The number of hydrogen-bond donors (Lipinski definition) is 1. The van der Waals surface area contributed by atoms with Crippen LogP contribution in [-0.2, 0) is 13.0 Å². The van der Waals surface area contributed by atoms with E-state index in [9.17, 15) is 0 Å². The standard InChI is InChI=1S/C13H21N3/c14-7-10-5-6-12-8-15-13(16(12)9-10)11-3-1-2-4-11/h8,10-11H,1-7,9,14H2. The average molecular weight is 219 g/mol. The molecule has 16 heavy (non-hydrogen) atoms. The first-order chi connectivity index (χ1) is 7.88. The van der Waals surface area contributed by atoms with Crippen LogP contribution < -0.4 is 5.73 Å². The fourth-order valence-electron chi connectivity index (χ4n) is 3.24. The summed E-state index contributed by atoms with van der Waals surface area (Å²) < 4.78 is 2.47. The molecule has 0 bridgehead atoms. The van der Waals surface area contributed by atoms with Gasteiger partial charge in [-0.2, -0.15) is 0 Å². The van der Waals surface area contributed by atoms with Gasteiger partial charge in [0.25, 0.3) is 0 Å². The van der Waals surface area contributed by atoms with Crippen molar-refractivity contribution in [2.45, 2.75) is 51.0 Å². The van der Waals surface area contributed by atoms with Crippen molar-refractivity contribution in [1.29, 1.82) is 0 Å². The van der Waals surface area contributed by atoms with E-state index in [0.29, 0.717) is 5.92 Å². The molecule has 0 amide bonds. The van der Waals surface area contributed by atoms with E-state index in [2.05, 4.69) is 15.7 Å². The first-order valence-electron chi connectivity index (χ1n) is 6.63. The molecule has 1 atom stereocenters. The molecular formula is C13H21N3. The zero-order valence-electron chi connectivity index (χ0n) is 9.86. The third kappa shape index (κ3) is 1.67. The Balaban J connectivity index is 1.87. The Morgan fingerprint density at radius 1 is 1.31 bits per heavy atom. The lowest BCUT2D eigenvalue weighted by atomic mass is 9.97. The van der Waals surface area contributed by atoms with Crippen LogP contribution >= 0.6 is 0 Å². The molecule has 1 aliphatic heterocycles. The molecule has 1 aromatic heterocycles. The van der Waals surface area contributed by atoms with Gasteiger partial charge in [0.05, 0.1) is 0 Å². The van der Waals surface area contributed by atoms with E-state index in [4.69, 9.17) is 5.73 Å². The lowest BCUT2D eigenvalue weighted by Gasteiger charge is -2.25. The number of nitrogens with zero attached hydrogens (tertiary/aromatic N) is 2. The minimum atomic E-state index is 0.668. The van der Waals surface area contributed by atoms with Gasteiger partial charge in [0.15, 0.2) is 0 Å². The Kier molecular flexibility index (Phi) is 2.72. The van der Waals surface area contributed by atoms with Gasteiger partial charge in [0.2, 0.25) is 0 Å². The second-order valence-electron chi connectivity index (χ2n) is 5.34. The minimum absolute atomic E-state index is 0.668. The van der Waals surface area contributed by atoms with Gasteiger partial charge in [0, 0.05) is 24.4 Å². The number of aromatic nitrogens is 2. The molecule has 3 heteroatoms. The zero-order valence-corrected chi connectivity index (χ0v) is 9.86. The number of fused-ring (bicyclic) bond motifs is 1. The van der Waals surface area contributed by atoms with Gasteiger partial charge in [-0.1, -0.05) is 12.8 Å². The Morgan fingerprint density at radius 3 is 2.88 bits per heavy atom. The zero-order chi connectivity index (χ0) is 11.0. The molecule has 0 radical (unpaired) electrons. The summed E-state index contributed by atoms with van der Waals surface area (Å²) in [5.74, 6) is 2.75. The average Bonchev–Trinajstić information content (AvgIpc) is 2.96. The molecule has 2 heterocycles. The molecular weight excluding hydrogens is 198 g/mol. The van der Waals surface area contributed by atoms with Crippen molar-refractivity contribution in [1.82, 2.24) is 9.55 Å². The predicted molar refractivity (Wildman–Crippen MR) is 64.3 cm³/mol. The Labute approximate surface area is 97.0 Å². The number of aryl methyl sites for hydroxylation is 1. The molecule has 1 aliphatic carbocycles. The van der Waals surface area contributed by atoms with Crippen LogP contribution in [-0.4, -0.2) is 16.1 Å². The summed E-state index contributed by atoms with van der Waals surface area (Å²) in [6, 6.07) is 0. The smallest absolute Gasteiger partial charge is 0.111 e. The largest absolute Gasteiger partial charge is 0.332 e. The van der Waals surface area contributed by atoms with Crippen molar-refractivity contribution in [2.75, 3.05) is 6.54 Å². The normalized spacial score (nSPS) is 25.9. The molecule has 2 N–H and O–H groups in total. The van der Waals surface area contributed by atoms with Crippen LogP contribution in [0.25, 0.3) is 0 Å². The first kappa shape index (κ1) is 10.3. The summed E-state index contributed by atoms with van der Waals surface area (Å²) in [6.45, 7) is 1.93. The molecule has 88 valence electrons. The van der Waals surface area contributed by atoms with Gasteiger partial charge < -0.3 is 10.3 Å². The van der Waals surface area contributed by atoms with E-state index in [1.807, 2.05) is 0 Å². The quantitative estimate of drug-likeness (QED) is 0.827. The van der Waals surface area contributed by atoms with Crippen LogP contribution in [0, 0.1) is 5.92 Å². The first-order valence-corrected chi connectivity index (χ1v) is 6.63. The molecule has 1 aromatic rings. The highest BCUT2D eigenvalue weighted by Gasteiger charge is 2.26. The van der Waals surface area contributed by atoms with E-state index in [1.54, 1.807) is 0 Å². The van der Waals surface area contributed by atoms with Crippen molar-refractivity contribution in [3.05, 3.63) is 17.7 Å². The molecule has 3 rings (SSSR count). The Bertz CT molecular complexity index is 363. The topological polar surface area (TPSA) is 43.8 Å². The highest BCUT2D eigenvalue weighted by Crippen LogP contribution is 2.35. The predicted octanol–water partition coefficient (Wildman–Crippen LogP) is 2.06. The third-order valence-corrected chi connectivity index (χ3v) is 4.27. The summed E-state index contributed by atoms with van der Waals surface area (Å²) in [6.07, 6.45) is 9.95. The number of hydrogen-bond acceptors (Lipinski definition) is 2. The van der Waals surface area contributed by atoms with Crippen molar-refractivity contribution < 1.29 is 0 Å². The number of imidazole rings is 1. The lowest BCUT2D eigenvalue weighted by molar-refractivity contribution is 0.365. The summed E-state index contributed by atoms with van der Waals surface area (Å²) in [7, 11) is 0. The van der Waals surface area contributed by atoms with Crippen LogP contribution in [0.1, 0.15) is 49.5 Å². The van der Waals surface area contributed by atoms with E-state index in [1.165, 1.54) is 50.0 Å². The fourth-order valence-corrected chi connectivity index (χ4v) is 3.24. The summed E-state index contributed by atoms with van der Waals surface area (Å²) in [5.41, 5.74) is 7.24. The summed E-state index contributed by atoms with van der Waals surface area (Å²) in [4.78, 5) is 4.67. The van der Waals surface area contributed by atoms with E-state index in [-0.39, 0.29) is 0 Å². The van der Waals surface area contributed by atoms with Gasteiger partial charge in [-0.3, -0.25) is 0 Å². The molecule has 0 aromatic carbocycles. The van der Waals surface area contributed by atoms with Crippen molar-refractivity contribution in [3.63, 3.8) is 0 Å². The van der Waals surface area contributed by atoms with E-state index >= 15 is 0 Å². The highest BCUT2D eigenvalue weighted by atomic mass is 15.1. The lowest BCUT2D eigenvalue weighted by Crippen LogP contribution is -2.27. The molecule has 0 spiro atoms. The molecule has 1 fully saturated rings. The summed E-state index contributed by atoms with van der Waals surface area (Å²) in [5, 5.41) is 0. The van der Waals surface area contributed by atoms with Crippen molar-refractivity contribution in [2.24, 2.45) is 11.7 Å². The monoisotopic (exact) mass is 219 g/mol. The van der Waals surface area contributed by atoms with Gasteiger partial charge in [-0.25, -0.2) is 4.98 Å². The highest BCUT2D eigenvalue weighted by molar-refractivity contribution is 5.13. The maximum atomic E-state index is 5.80. The third-order valence-electron chi connectivity index (χ3n) is 4.27. The van der Waals surface area contributed by atoms with Gasteiger partial charge in [-0.05, 0) is 38.1 Å².